The van der Waals surface area contributed by atoms with E-state index < -0.39 is 0 Å². The Labute approximate surface area is 111 Å². The van der Waals surface area contributed by atoms with Crippen LogP contribution in [-0.2, 0) is 0 Å². The average Bonchev–Trinajstić information content (AvgIpc) is 2.49. The van der Waals surface area contributed by atoms with Crippen LogP contribution in [0.2, 0.25) is 0 Å². The quantitative estimate of drug-likeness (QED) is 0.814. The number of hydrogen-bond acceptors (Lipinski definition) is 3. The van der Waals surface area contributed by atoms with E-state index in [4.69, 9.17) is 5.73 Å². The molecule has 0 amide bonds. The molecule has 1 fully saturated rings. The van der Waals surface area contributed by atoms with E-state index in [0.29, 0.717) is 12.1 Å². The lowest BCUT2D eigenvalue weighted by molar-refractivity contribution is 0.153. The van der Waals surface area contributed by atoms with Crippen LogP contribution in [0.15, 0.2) is 24.3 Å². The summed E-state index contributed by atoms with van der Waals surface area (Å²) in [6.45, 7) is 8.12. The first-order chi connectivity index (χ1) is 8.58. The highest BCUT2D eigenvalue weighted by molar-refractivity contribution is 5.41. The van der Waals surface area contributed by atoms with Crippen molar-refractivity contribution in [3.63, 3.8) is 0 Å². The zero-order valence-corrected chi connectivity index (χ0v) is 11.8. The Balaban J connectivity index is 2.14. The van der Waals surface area contributed by atoms with Gasteiger partial charge < -0.3 is 10.6 Å². The zero-order valence-electron chi connectivity index (χ0n) is 11.8. The minimum absolute atomic E-state index is 0.440. The molecule has 0 bridgehead atoms. The summed E-state index contributed by atoms with van der Waals surface area (Å²) in [6.07, 6.45) is 1.24. The van der Waals surface area contributed by atoms with Gasteiger partial charge in [-0.1, -0.05) is 12.1 Å². The van der Waals surface area contributed by atoms with E-state index in [2.05, 4.69) is 48.9 Å². The second kappa shape index (κ2) is 5.72. The Morgan fingerprint density at radius 3 is 2.83 bits per heavy atom. The average molecular weight is 247 g/mol. The second-order valence-corrected chi connectivity index (χ2v) is 5.55. The molecule has 2 N–H and O–H groups in total. The van der Waals surface area contributed by atoms with Crippen molar-refractivity contribution in [1.29, 1.82) is 0 Å². The number of likely N-dealkylation sites (N-methyl/N-ethyl adjacent to an activating group) is 1. The molecule has 0 spiro atoms. The summed E-state index contributed by atoms with van der Waals surface area (Å²) in [4.78, 5) is 5.02. The summed E-state index contributed by atoms with van der Waals surface area (Å²) < 4.78 is 0. The van der Waals surface area contributed by atoms with Crippen LogP contribution in [0.4, 0.5) is 5.69 Å². The summed E-state index contributed by atoms with van der Waals surface area (Å²) in [5.41, 5.74) is 8.07. The highest BCUT2D eigenvalue weighted by atomic mass is 15.2. The largest absolute Gasteiger partial charge is 0.399 e. The Morgan fingerprint density at radius 2 is 2.11 bits per heavy atom. The van der Waals surface area contributed by atoms with Crippen LogP contribution in [-0.4, -0.2) is 42.5 Å². The molecule has 1 aromatic rings. The molecule has 18 heavy (non-hydrogen) atoms. The van der Waals surface area contributed by atoms with Gasteiger partial charge in [0.1, 0.15) is 0 Å². The number of rotatable bonds is 2. The fourth-order valence-electron chi connectivity index (χ4n) is 2.98. The molecule has 1 aliphatic heterocycles. The topological polar surface area (TPSA) is 32.5 Å². The molecule has 1 heterocycles. The lowest BCUT2D eigenvalue weighted by atomic mass is 10.0. The van der Waals surface area contributed by atoms with Crippen molar-refractivity contribution in [2.75, 3.05) is 32.4 Å². The lowest BCUT2D eigenvalue weighted by Gasteiger charge is -2.33. The molecule has 0 radical (unpaired) electrons. The van der Waals surface area contributed by atoms with Crippen LogP contribution in [0.25, 0.3) is 0 Å². The van der Waals surface area contributed by atoms with E-state index >= 15 is 0 Å². The van der Waals surface area contributed by atoms with Crippen molar-refractivity contribution in [2.45, 2.75) is 32.4 Å². The van der Waals surface area contributed by atoms with Crippen LogP contribution >= 0.6 is 0 Å². The van der Waals surface area contributed by atoms with Crippen molar-refractivity contribution < 1.29 is 0 Å². The molecule has 2 rings (SSSR count). The van der Waals surface area contributed by atoms with Crippen molar-refractivity contribution in [1.82, 2.24) is 9.80 Å². The number of benzene rings is 1. The maximum absolute atomic E-state index is 5.89. The van der Waals surface area contributed by atoms with Crippen LogP contribution in [0.3, 0.4) is 0 Å². The Kier molecular flexibility index (Phi) is 4.25. The van der Waals surface area contributed by atoms with Gasteiger partial charge in [0.2, 0.25) is 0 Å². The van der Waals surface area contributed by atoms with Gasteiger partial charge in [0.15, 0.2) is 0 Å². The van der Waals surface area contributed by atoms with E-state index in [1.165, 1.54) is 25.1 Å². The third kappa shape index (κ3) is 3.03. The summed E-state index contributed by atoms with van der Waals surface area (Å²) in [6, 6.07) is 9.32. The molecular formula is C15H25N3. The molecule has 2 unspecified atom stereocenters. The normalized spacial score (nSPS) is 24.7. The maximum Gasteiger partial charge on any atom is 0.0324 e. The lowest BCUT2D eigenvalue weighted by Crippen LogP contribution is -2.39. The predicted molar refractivity (Wildman–Crippen MR) is 77.6 cm³/mol. The van der Waals surface area contributed by atoms with Gasteiger partial charge in [-0.2, -0.15) is 0 Å². The summed E-state index contributed by atoms with van der Waals surface area (Å²) in [5.74, 6) is 0. The first-order valence-electron chi connectivity index (χ1n) is 6.87. The number of anilines is 1. The monoisotopic (exact) mass is 247 g/mol. The van der Waals surface area contributed by atoms with Crippen LogP contribution in [0.1, 0.15) is 31.9 Å². The SMILES string of the molecule is CC1CN(C)CCCN1C(C)c1cccc(N)c1. The molecule has 0 saturated carbocycles. The second-order valence-electron chi connectivity index (χ2n) is 5.55. The number of nitrogens with two attached hydrogens (primary N) is 1. The number of nitrogens with zero attached hydrogens (tertiary/aromatic N) is 2. The minimum Gasteiger partial charge on any atom is -0.399 e. The van der Waals surface area contributed by atoms with Crippen LogP contribution in [0, 0.1) is 0 Å². The van der Waals surface area contributed by atoms with Crippen molar-refractivity contribution in [3.8, 4) is 0 Å². The van der Waals surface area contributed by atoms with E-state index in [9.17, 15) is 0 Å². The molecule has 3 heteroatoms. The van der Waals surface area contributed by atoms with Crippen LogP contribution < -0.4 is 5.73 Å². The van der Waals surface area contributed by atoms with Crippen LogP contribution in [0.5, 0.6) is 0 Å². The molecule has 0 aromatic heterocycles. The molecule has 0 aliphatic carbocycles. The molecule has 100 valence electrons. The van der Waals surface area contributed by atoms with Gasteiger partial charge in [0.05, 0.1) is 0 Å². The van der Waals surface area contributed by atoms with E-state index in [1.807, 2.05) is 6.07 Å². The van der Waals surface area contributed by atoms with E-state index in [-0.39, 0.29) is 0 Å². The first-order valence-corrected chi connectivity index (χ1v) is 6.87. The van der Waals surface area contributed by atoms with Gasteiger partial charge in [-0.05, 0) is 51.6 Å². The first kappa shape index (κ1) is 13.4. The Morgan fingerprint density at radius 1 is 1.33 bits per heavy atom. The zero-order chi connectivity index (χ0) is 13.1. The minimum atomic E-state index is 0.440. The number of hydrogen-bond donors (Lipinski definition) is 1. The molecule has 2 atom stereocenters. The molecule has 1 saturated heterocycles. The predicted octanol–water partition coefficient (Wildman–Crippen LogP) is 2.36. The molecule has 1 aromatic carbocycles. The molecule has 3 nitrogen and oxygen atoms in total. The molecule has 1 aliphatic rings. The highest BCUT2D eigenvalue weighted by Crippen LogP contribution is 2.25. The maximum atomic E-state index is 5.89. The van der Waals surface area contributed by atoms with Gasteiger partial charge in [-0.15, -0.1) is 0 Å². The highest BCUT2D eigenvalue weighted by Gasteiger charge is 2.24. The van der Waals surface area contributed by atoms with Gasteiger partial charge >= 0.3 is 0 Å². The Hall–Kier alpha value is -1.06. The summed E-state index contributed by atoms with van der Waals surface area (Å²) >= 11 is 0. The standard InChI is InChI=1S/C15H25N3/c1-12-11-17(3)8-5-9-18(12)13(2)14-6-4-7-15(16)10-14/h4,6-7,10,12-13H,5,8-9,11,16H2,1-3H3. The van der Waals surface area contributed by atoms with E-state index in [1.54, 1.807) is 0 Å². The summed E-state index contributed by atoms with van der Waals surface area (Å²) in [5, 5.41) is 0. The van der Waals surface area contributed by atoms with Crippen molar-refractivity contribution >= 4 is 5.69 Å². The number of nitrogen functional groups attached to an aromatic ring is 1. The van der Waals surface area contributed by atoms with Crippen molar-refractivity contribution in [3.05, 3.63) is 29.8 Å². The van der Waals surface area contributed by atoms with Crippen molar-refractivity contribution in [2.24, 2.45) is 0 Å². The third-order valence-electron chi connectivity index (χ3n) is 3.99. The molecular weight excluding hydrogens is 222 g/mol. The van der Waals surface area contributed by atoms with Gasteiger partial charge in [0.25, 0.3) is 0 Å². The fourth-order valence-corrected chi connectivity index (χ4v) is 2.98. The summed E-state index contributed by atoms with van der Waals surface area (Å²) in [7, 11) is 2.21. The fraction of sp³-hybridized carbons (Fsp3) is 0.600. The smallest absolute Gasteiger partial charge is 0.0324 e. The van der Waals surface area contributed by atoms with E-state index in [0.717, 1.165) is 12.2 Å². The Bertz CT molecular complexity index is 391. The van der Waals surface area contributed by atoms with Gasteiger partial charge in [-0.25, -0.2) is 0 Å². The third-order valence-corrected chi connectivity index (χ3v) is 3.99. The van der Waals surface area contributed by atoms with Gasteiger partial charge in [0, 0.05) is 30.9 Å². The van der Waals surface area contributed by atoms with Gasteiger partial charge in [-0.3, -0.25) is 4.90 Å².